The van der Waals surface area contributed by atoms with Crippen LogP contribution in [-0.4, -0.2) is 42.9 Å². The van der Waals surface area contributed by atoms with E-state index in [1.54, 1.807) is 6.92 Å². The van der Waals surface area contributed by atoms with E-state index in [4.69, 9.17) is 4.74 Å². The van der Waals surface area contributed by atoms with E-state index in [9.17, 15) is 9.59 Å². The van der Waals surface area contributed by atoms with E-state index in [0.717, 1.165) is 24.9 Å². The highest BCUT2D eigenvalue weighted by molar-refractivity contribution is 5.84. The molecule has 1 fully saturated rings. The van der Waals surface area contributed by atoms with Gasteiger partial charge in [0.05, 0.1) is 19.6 Å². The molecule has 4 heteroatoms. The number of carbonyl (C=O) groups excluding carboxylic acids is 2. The van der Waals surface area contributed by atoms with Crippen LogP contribution in [0.2, 0.25) is 0 Å². The van der Waals surface area contributed by atoms with Gasteiger partial charge >= 0.3 is 5.97 Å². The van der Waals surface area contributed by atoms with Gasteiger partial charge in [-0.05, 0) is 44.7 Å². The number of rotatable bonds is 7. The molecule has 0 atom stereocenters. The third-order valence-corrected chi connectivity index (χ3v) is 3.89. The second-order valence-electron chi connectivity index (χ2n) is 5.70. The molecule has 0 radical (unpaired) electrons. The van der Waals surface area contributed by atoms with E-state index >= 15 is 0 Å². The molecule has 1 aliphatic rings. The molecule has 1 aliphatic heterocycles. The molecule has 110 valence electrons. The number of hydrogen-bond donors (Lipinski definition) is 0. The largest absolute Gasteiger partial charge is 0.466 e. The van der Waals surface area contributed by atoms with Gasteiger partial charge in [0.1, 0.15) is 5.78 Å². The molecule has 0 aromatic rings. The summed E-state index contributed by atoms with van der Waals surface area (Å²) in [5, 5.41) is 0. The lowest BCUT2D eigenvalue weighted by Gasteiger charge is -2.33. The van der Waals surface area contributed by atoms with Gasteiger partial charge in [-0.1, -0.05) is 13.8 Å². The smallest absolute Gasteiger partial charge is 0.306 e. The van der Waals surface area contributed by atoms with Crippen molar-refractivity contribution in [2.75, 3.05) is 26.2 Å². The topological polar surface area (TPSA) is 46.6 Å². The molecular weight excluding hydrogens is 242 g/mol. The second-order valence-corrected chi connectivity index (χ2v) is 5.70. The molecule has 0 amide bonds. The van der Waals surface area contributed by atoms with Crippen LogP contribution in [0.5, 0.6) is 0 Å². The van der Waals surface area contributed by atoms with Crippen LogP contribution in [0.1, 0.15) is 46.5 Å². The molecule has 1 rings (SSSR count). The van der Waals surface area contributed by atoms with Gasteiger partial charge in [-0.25, -0.2) is 0 Å². The maximum Gasteiger partial charge on any atom is 0.306 e. The molecule has 0 aromatic heterocycles. The van der Waals surface area contributed by atoms with Crippen molar-refractivity contribution in [1.82, 2.24) is 4.90 Å². The Labute approximate surface area is 116 Å². The Bertz CT molecular complexity index is 294. The normalized spacial score (nSPS) is 17.7. The fourth-order valence-corrected chi connectivity index (χ4v) is 2.58. The van der Waals surface area contributed by atoms with Crippen LogP contribution in [0.25, 0.3) is 0 Å². The van der Waals surface area contributed by atoms with Crippen LogP contribution in [0.3, 0.4) is 0 Å². The van der Waals surface area contributed by atoms with Gasteiger partial charge in [-0.3, -0.25) is 14.5 Å². The number of hydrogen-bond acceptors (Lipinski definition) is 4. The molecule has 0 N–H and O–H groups in total. The number of likely N-dealkylation sites (tertiary alicyclic amines) is 1. The standard InChI is InChI=1S/C15H27NO3/c1-4-19-15(18)6-5-14(17)11-16-9-7-13(8-10-16)12(2)3/h12-13H,4-11H2,1-3H3. The first kappa shape index (κ1) is 16.2. The van der Waals surface area contributed by atoms with E-state index in [-0.39, 0.29) is 18.2 Å². The summed E-state index contributed by atoms with van der Waals surface area (Å²) in [6.07, 6.45) is 2.89. The molecule has 0 unspecified atom stereocenters. The van der Waals surface area contributed by atoms with Crippen molar-refractivity contribution in [2.45, 2.75) is 46.5 Å². The summed E-state index contributed by atoms with van der Waals surface area (Å²) in [5.74, 6) is 1.41. The monoisotopic (exact) mass is 269 g/mol. The van der Waals surface area contributed by atoms with Crippen LogP contribution in [0.4, 0.5) is 0 Å². The summed E-state index contributed by atoms with van der Waals surface area (Å²) in [6.45, 7) is 9.20. The Morgan fingerprint density at radius 1 is 1.21 bits per heavy atom. The fraction of sp³-hybridized carbons (Fsp3) is 0.867. The molecule has 1 saturated heterocycles. The number of esters is 1. The number of ether oxygens (including phenoxy) is 1. The molecule has 0 aliphatic carbocycles. The van der Waals surface area contributed by atoms with Gasteiger partial charge in [0, 0.05) is 6.42 Å². The van der Waals surface area contributed by atoms with Gasteiger partial charge in [0.25, 0.3) is 0 Å². The first-order chi connectivity index (χ1) is 9.02. The summed E-state index contributed by atoms with van der Waals surface area (Å²) in [5.41, 5.74) is 0. The van der Waals surface area contributed by atoms with Crippen molar-refractivity contribution in [1.29, 1.82) is 0 Å². The van der Waals surface area contributed by atoms with E-state index in [0.29, 0.717) is 19.6 Å². The maximum atomic E-state index is 11.8. The molecule has 0 bridgehead atoms. The van der Waals surface area contributed by atoms with Gasteiger partial charge < -0.3 is 4.74 Å². The Hall–Kier alpha value is -0.900. The summed E-state index contributed by atoms with van der Waals surface area (Å²) >= 11 is 0. The van der Waals surface area contributed by atoms with E-state index in [2.05, 4.69) is 18.7 Å². The predicted octanol–water partition coefficient (Wildman–Crippen LogP) is 2.27. The summed E-state index contributed by atoms with van der Waals surface area (Å²) in [6, 6.07) is 0. The number of Topliss-reactive ketones (excluding diaryl/α,β-unsaturated/α-hetero) is 1. The van der Waals surface area contributed by atoms with Crippen LogP contribution >= 0.6 is 0 Å². The molecule has 1 heterocycles. The highest BCUT2D eigenvalue weighted by Crippen LogP contribution is 2.24. The average molecular weight is 269 g/mol. The quantitative estimate of drug-likeness (QED) is 0.665. The van der Waals surface area contributed by atoms with Crippen molar-refractivity contribution >= 4 is 11.8 Å². The second kappa shape index (κ2) is 8.31. The SMILES string of the molecule is CCOC(=O)CCC(=O)CN1CCC(C(C)C)CC1. The predicted molar refractivity (Wildman–Crippen MR) is 74.9 cm³/mol. The van der Waals surface area contributed by atoms with Crippen molar-refractivity contribution in [2.24, 2.45) is 11.8 Å². The van der Waals surface area contributed by atoms with Gasteiger partial charge in [0.15, 0.2) is 0 Å². The van der Waals surface area contributed by atoms with Gasteiger partial charge in [-0.15, -0.1) is 0 Å². The zero-order valence-corrected chi connectivity index (χ0v) is 12.5. The lowest BCUT2D eigenvalue weighted by atomic mass is 9.86. The molecule has 19 heavy (non-hydrogen) atoms. The number of nitrogens with zero attached hydrogens (tertiary/aromatic N) is 1. The number of carbonyl (C=O) groups is 2. The van der Waals surface area contributed by atoms with Crippen molar-refractivity contribution in [3.8, 4) is 0 Å². The lowest BCUT2D eigenvalue weighted by molar-refractivity contribution is -0.144. The molecule has 0 aromatic carbocycles. The number of ketones is 1. The molecule has 0 saturated carbocycles. The Balaban J connectivity index is 2.18. The summed E-state index contributed by atoms with van der Waals surface area (Å²) < 4.78 is 4.82. The Kier molecular flexibility index (Phi) is 7.06. The van der Waals surface area contributed by atoms with Crippen LogP contribution in [0.15, 0.2) is 0 Å². The maximum absolute atomic E-state index is 11.8. The van der Waals surface area contributed by atoms with Crippen LogP contribution in [0, 0.1) is 11.8 Å². The average Bonchev–Trinajstić information content (AvgIpc) is 2.37. The third-order valence-electron chi connectivity index (χ3n) is 3.89. The minimum Gasteiger partial charge on any atom is -0.466 e. The fourth-order valence-electron chi connectivity index (χ4n) is 2.58. The minimum atomic E-state index is -0.269. The third kappa shape index (κ3) is 6.19. The summed E-state index contributed by atoms with van der Waals surface area (Å²) in [4.78, 5) is 25.2. The molecular formula is C15H27NO3. The summed E-state index contributed by atoms with van der Waals surface area (Å²) in [7, 11) is 0. The van der Waals surface area contributed by atoms with E-state index in [1.165, 1.54) is 12.8 Å². The van der Waals surface area contributed by atoms with Crippen molar-refractivity contribution in [3.05, 3.63) is 0 Å². The first-order valence-electron chi connectivity index (χ1n) is 7.42. The van der Waals surface area contributed by atoms with Crippen LogP contribution in [-0.2, 0) is 14.3 Å². The highest BCUT2D eigenvalue weighted by atomic mass is 16.5. The van der Waals surface area contributed by atoms with Crippen LogP contribution < -0.4 is 0 Å². The van der Waals surface area contributed by atoms with E-state index < -0.39 is 0 Å². The van der Waals surface area contributed by atoms with Crippen molar-refractivity contribution < 1.29 is 14.3 Å². The minimum absolute atomic E-state index is 0.149. The van der Waals surface area contributed by atoms with Gasteiger partial charge in [0.2, 0.25) is 0 Å². The Morgan fingerprint density at radius 3 is 2.37 bits per heavy atom. The first-order valence-corrected chi connectivity index (χ1v) is 7.42. The Morgan fingerprint density at radius 2 is 1.84 bits per heavy atom. The zero-order chi connectivity index (χ0) is 14.3. The number of piperidine rings is 1. The molecule has 0 spiro atoms. The lowest BCUT2D eigenvalue weighted by Crippen LogP contribution is -2.38. The van der Waals surface area contributed by atoms with Crippen molar-refractivity contribution in [3.63, 3.8) is 0 Å². The van der Waals surface area contributed by atoms with E-state index in [1.807, 2.05) is 0 Å². The zero-order valence-electron chi connectivity index (χ0n) is 12.5. The highest BCUT2D eigenvalue weighted by Gasteiger charge is 2.22. The molecule has 4 nitrogen and oxygen atoms in total. The van der Waals surface area contributed by atoms with Gasteiger partial charge in [-0.2, -0.15) is 0 Å².